The Morgan fingerprint density at radius 1 is 1.06 bits per heavy atom. The summed E-state index contributed by atoms with van der Waals surface area (Å²) < 4.78 is 19.4. The minimum absolute atomic E-state index is 0.0684. The van der Waals surface area contributed by atoms with E-state index in [-0.39, 0.29) is 25.6 Å². The highest BCUT2D eigenvalue weighted by molar-refractivity contribution is 5.81. The maximum absolute atomic E-state index is 10.6. The van der Waals surface area contributed by atoms with E-state index in [1.807, 2.05) is 0 Å². The lowest BCUT2D eigenvalue weighted by Crippen LogP contribution is -2.53. The topological polar surface area (TPSA) is 229 Å². The van der Waals surface area contributed by atoms with Gasteiger partial charge in [0.1, 0.15) is 54.2 Å². The first-order valence-corrected chi connectivity index (χ1v) is 10.4. The molecule has 2 aliphatic heterocycles. The lowest BCUT2D eigenvalue weighted by molar-refractivity contribution is -0.273. The van der Waals surface area contributed by atoms with Gasteiger partial charge in [0.15, 0.2) is 24.0 Å². The van der Waals surface area contributed by atoms with E-state index in [2.05, 4.69) is 25.3 Å². The summed E-state index contributed by atoms with van der Waals surface area (Å²) in [6, 6.07) is 0. The standard InChI is InChI=1S/C18H24N8O8/c19-15-10-16(21-5-20-15)26(6-22-10)17-13(30)12(29)9(34-17)2-25-1-7(23-24-25)3-32-18-14(31)11(28)8(27)4-33-18/h1,5-6,8-9,11-14,17-18,27-31H,2-4H2,(H2,19,20,21)/t8-,9+,11-,12+,13+,14+,17+,18?/m0/s1. The third-order valence-electron chi connectivity index (χ3n) is 5.80. The van der Waals surface area contributed by atoms with E-state index >= 15 is 0 Å². The number of aliphatic hydroxyl groups is 5. The molecule has 7 N–H and O–H groups in total. The molecule has 2 saturated heterocycles. The van der Waals surface area contributed by atoms with Crippen molar-refractivity contribution >= 4 is 17.0 Å². The van der Waals surface area contributed by atoms with Gasteiger partial charge in [0.2, 0.25) is 0 Å². The molecule has 5 heterocycles. The van der Waals surface area contributed by atoms with Crippen LogP contribution < -0.4 is 5.73 Å². The Bertz CT molecular complexity index is 1140. The van der Waals surface area contributed by atoms with Crippen molar-refractivity contribution in [1.29, 1.82) is 0 Å². The van der Waals surface area contributed by atoms with Crippen molar-refractivity contribution in [2.75, 3.05) is 12.3 Å². The molecule has 0 aliphatic carbocycles. The molecule has 8 atom stereocenters. The number of imidazole rings is 1. The van der Waals surface area contributed by atoms with Crippen LogP contribution in [0.25, 0.3) is 11.2 Å². The highest BCUT2D eigenvalue weighted by Gasteiger charge is 2.44. The summed E-state index contributed by atoms with van der Waals surface area (Å²) in [5, 5.41) is 58.2. The van der Waals surface area contributed by atoms with Gasteiger partial charge in [-0.15, -0.1) is 5.10 Å². The van der Waals surface area contributed by atoms with E-state index in [0.29, 0.717) is 16.9 Å². The maximum atomic E-state index is 10.6. The van der Waals surface area contributed by atoms with E-state index in [1.54, 1.807) is 0 Å². The van der Waals surface area contributed by atoms with Gasteiger partial charge in [0.05, 0.1) is 32.3 Å². The molecule has 2 fully saturated rings. The van der Waals surface area contributed by atoms with Crippen molar-refractivity contribution < 1.29 is 39.7 Å². The molecule has 16 nitrogen and oxygen atoms in total. The highest BCUT2D eigenvalue weighted by atomic mass is 16.7. The molecule has 0 spiro atoms. The summed E-state index contributed by atoms with van der Waals surface area (Å²) in [6.45, 7) is -0.203. The fraction of sp³-hybridized carbons (Fsp3) is 0.611. The number of nitrogens with two attached hydrogens (primary N) is 1. The van der Waals surface area contributed by atoms with E-state index in [9.17, 15) is 25.5 Å². The van der Waals surface area contributed by atoms with Crippen LogP contribution in [0.2, 0.25) is 0 Å². The third-order valence-corrected chi connectivity index (χ3v) is 5.80. The number of aliphatic hydroxyl groups excluding tert-OH is 5. The van der Waals surface area contributed by atoms with Crippen molar-refractivity contribution in [2.45, 2.75) is 62.3 Å². The number of aromatic nitrogens is 7. The average Bonchev–Trinajstić information content (AvgIpc) is 3.52. The quantitative estimate of drug-likeness (QED) is 0.199. The molecule has 0 bridgehead atoms. The number of hydrogen-bond donors (Lipinski definition) is 6. The zero-order chi connectivity index (χ0) is 24.0. The Labute approximate surface area is 191 Å². The molecular weight excluding hydrogens is 456 g/mol. The number of anilines is 1. The Morgan fingerprint density at radius 2 is 1.88 bits per heavy atom. The molecule has 3 aromatic rings. The van der Waals surface area contributed by atoms with Crippen LogP contribution in [0.15, 0.2) is 18.9 Å². The van der Waals surface area contributed by atoms with Crippen LogP contribution in [0.3, 0.4) is 0 Å². The summed E-state index contributed by atoms with van der Waals surface area (Å²) >= 11 is 0. The molecule has 2 aliphatic rings. The number of nitrogen functional groups attached to an aromatic ring is 1. The summed E-state index contributed by atoms with van der Waals surface area (Å²) in [5.74, 6) is 0.183. The second-order valence-corrected chi connectivity index (χ2v) is 8.12. The van der Waals surface area contributed by atoms with Crippen molar-refractivity contribution in [3.63, 3.8) is 0 Å². The van der Waals surface area contributed by atoms with Crippen LogP contribution in [0.1, 0.15) is 11.9 Å². The van der Waals surface area contributed by atoms with E-state index in [4.69, 9.17) is 19.9 Å². The summed E-state index contributed by atoms with van der Waals surface area (Å²) in [7, 11) is 0. The fourth-order valence-corrected chi connectivity index (χ4v) is 3.94. The van der Waals surface area contributed by atoms with Gasteiger partial charge in [0.25, 0.3) is 0 Å². The van der Waals surface area contributed by atoms with Crippen LogP contribution in [-0.2, 0) is 27.4 Å². The second-order valence-electron chi connectivity index (χ2n) is 8.12. The molecule has 34 heavy (non-hydrogen) atoms. The predicted octanol–water partition coefficient (Wildman–Crippen LogP) is -3.72. The zero-order valence-electron chi connectivity index (χ0n) is 17.6. The summed E-state index contributed by atoms with van der Waals surface area (Å²) in [6.07, 6.45) is -5.21. The van der Waals surface area contributed by atoms with Crippen molar-refractivity contribution in [3.8, 4) is 0 Å². The molecule has 5 rings (SSSR count). The number of fused-ring (bicyclic) bond motifs is 1. The summed E-state index contributed by atoms with van der Waals surface area (Å²) in [5.41, 5.74) is 6.89. The third kappa shape index (κ3) is 4.10. The molecule has 0 aromatic carbocycles. The summed E-state index contributed by atoms with van der Waals surface area (Å²) in [4.78, 5) is 12.2. The van der Waals surface area contributed by atoms with Gasteiger partial charge in [-0.05, 0) is 0 Å². The first-order chi connectivity index (χ1) is 16.3. The van der Waals surface area contributed by atoms with E-state index in [0.717, 1.165) is 0 Å². The monoisotopic (exact) mass is 480 g/mol. The van der Waals surface area contributed by atoms with Crippen molar-refractivity contribution in [1.82, 2.24) is 34.5 Å². The Hall–Kier alpha value is -2.83. The zero-order valence-corrected chi connectivity index (χ0v) is 17.6. The van der Waals surface area contributed by atoms with Gasteiger partial charge < -0.3 is 45.5 Å². The van der Waals surface area contributed by atoms with Crippen molar-refractivity contribution in [2.24, 2.45) is 0 Å². The fourth-order valence-electron chi connectivity index (χ4n) is 3.94. The van der Waals surface area contributed by atoms with Crippen LogP contribution in [0.4, 0.5) is 5.82 Å². The molecule has 0 amide bonds. The van der Waals surface area contributed by atoms with E-state index < -0.39 is 49.1 Å². The van der Waals surface area contributed by atoms with Crippen LogP contribution in [0.5, 0.6) is 0 Å². The first-order valence-electron chi connectivity index (χ1n) is 10.4. The second kappa shape index (κ2) is 9.08. The van der Waals surface area contributed by atoms with Gasteiger partial charge >= 0.3 is 0 Å². The molecule has 184 valence electrons. The lowest BCUT2D eigenvalue weighted by Gasteiger charge is -2.34. The minimum atomic E-state index is -1.42. The Kier molecular flexibility index (Phi) is 6.13. The molecule has 0 radical (unpaired) electrons. The Morgan fingerprint density at radius 3 is 2.71 bits per heavy atom. The molecule has 16 heteroatoms. The van der Waals surface area contributed by atoms with Crippen LogP contribution in [-0.4, -0.2) is 110 Å². The van der Waals surface area contributed by atoms with Gasteiger partial charge in [-0.3, -0.25) is 4.57 Å². The predicted molar refractivity (Wildman–Crippen MR) is 108 cm³/mol. The molecule has 1 unspecified atom stereocenters. The van der Waals surface area contributed by atoms with Crippen molar-refractivity contribution in [3.05, 3.63) is 24.5 Å². The average molecular weight is 480 g/mol. The Balaban J connectivity index is 1.22. The lowest BCUT2D eigenvalue weighted by atomic mass is 10.1. The van der Waals surface area contributed by atoms with Gasteiger partial charge in [-0.25, -0.2) is 19.6 Å². The SMILES string of the molecule is Nc1ncnc2c1ncn2[C@@H]1O[C@H](Cn2cc(COC3OC[C@H](O)[C@H](O)[C@H]3O)nn2)[C@@H](O)[C@H]1O. The smallest absolute Gasteiger partial charge is 0.186 e. The normalized spacial score (nSPS) is 34.1. The molecule has 3 aromatic heterocycles. The van der Waals surface area contributed by atoms with Gasteiger partial charge in [0, 0.05) is 0 Å². The van der Waals surface area contributed by atoms with Crippen LogP contribution >= 0.6 is 0 Å². The maximum Gasteiger partial charge on any atom is 0.186 e. The van der Waals surface area contributed by atoms with Crippen LogP contribution in [0, 0.1) is 0 Å². The van der Waals surface area contributed by atoms with E-state index in [1.165, 1.54) is 28.1 Å². The highest BCUT2D eigenvalue weighted by Crippen LogP contribution is 2.32. The number of rotatable bonds is 6. The molecule has 0 saturated carbocycles. The first kappa shape index (κ1) is 22.9. The molecular formula is C18H24N8O8. The van der Waals surface area contributed by atoms with Gasteiger partial charge in [-0.1, -0.05) is 5.21 Å². The van der Waals surface area contributed by atoms with Gasteiger partial charge in [-0.2, -0.15) is 0 Å². The largest absolute Gasteiger partial charge is 0.388 e. The minimum Gasteiger partial charge on any atom is -0.388 e. The number of ether oxygens (including phenoxy) is 3. The number of nitrogens with zero attached hydrogens (tertiary/aromatic N) is 7. The number of hydrogen-bond acceptors (Lipinski definition) is 14.